The average molecular weight is 611 g/mol. The van der Waals surface area contributed by atoms with E-state index in [2.05, 4.69) is 9.55 Å². The van der Waals surface area contributed by atoms with Crippen LogP contribution in [0.15, 0.2) is 65.8 Å². The van der Waals surface area contributed by atoms with Crippen molar-refractivity contribution in [3.05, 3.63) is 82.4 Å². The van der Waals surface area contributed by atoms with E-state index >= 15 is 0 Å². The highest BCUT2D eigenvalue weighted by atomic mass is 16.5. The lowest BCUT2D eigenvalue weighted by Crippen LogP contribution is -2.27. The lowest BCUT2D eigenvalue weighted by atomic mass is 9.83. The Labute approximate surface area is 264 Å². The Bertz CT molecular complexity index is 1700. The predicted octanol–water partition coefficient (Wildman–Crippen LogP) is 7.03. The van der Waals surface area contributed by atoms with Gasteiger partial charge in [0.2, 0.25) is 0 Å². The lowest BCUT2D eigenvalue weighted by molar-refractivity contribution is 0.0611. The van der Waals surface area contributed by atoms with Gasteiger partial charge in [-0.1, -0.05) is 29.8 Å². The fourth-order valence-electron chi connectivity index (χ4n) is 6.66. The van der Waals surface area contributed by atoms with E-state index in [-0.39, 0.29) is 23.2 Å². The number of hydrogen-bond donors (Lipinski definition) is 0. The lowest BCUT2D eigenvalue weighted by Gasteiger charge is -2.29. The van der Waals surface area contributed by atoms with Crippen LogP contribution in [0.3, 0.4) is 0 Å². The van der Waals surface area contributed by atoms with Crippen molar-refractivity contribution >= 4 is 16.7 Å². The third kappa shape index (κ3) is 7.06. The zero-order valence-electron chi connectivity index (χ0n) is 26.4. The maximum atomic E-state index is 13.8. The van der Waals surface area contributed by atoms with Crippen molar-refractivity contribution in [1.82, 2.24) is 9.55 Å². The molecule has 0 amide bonds. The van der Waals surface area contributed by atoms with Crippen molar-refractivity contribution in [3.8, 4) is 28.4 Å². The molecule has 4 aromatic rings. The van der Waals surface area contributed by atoms with Gasteiger partial charge in [-0.25, -0.2) is 0 Å². The zero-order valence-corrected chi connectivity index (χ0v) is 26.4. The molecule has 3 heterocycles. The Morgan fingerprint density at radius 1 is 0.889 bits per heavy atom. The third-order valence-corrected chi connectivity index (χ3v) is 9.32. The van der Waals surface area contributed by atoms with Crippen molar-refractivity contribution in [1.29, 1.82) is 0 Å². The summed E-state index contributed by atoms with van der Waals surface area (Å²) in [5, 5.41) is 0.873. The number of ether oxygens (including phenoxy) is 4. The molecule has 2 aliphatic rings. The molecule has 2 fully saturated rings. The highest BCUT2D eigenvalue weighted by Gasteiger charge is 2.27. The van der Waals surface area contributed by atoms with E-state index in [0.717, 1.165) is 86.1 Å². The van der Waals surface area contributed by atoms with Crippen molar-refractivity contribution in [2.75, 3.05) is 27.4 Å². The van der Waals surface area contributed by atoms with Crippen LogP contribution in [0.5, 0.6) is 17.2 Å². The topological polar surface area (TPSA) is 88.9 Å². The summed E-state index contributed by atoms with van der Waals surface area (Å²) in [6.45, 7) is 4.32. The maximum Gasteiger partial charge on any atom is 0.200 e. The summed E-state index contributed by atoms with van der Waals surface area (Å²) in [5.41, 5.74) is 3.46. The molecule has 8 heteroatoms. The van der Waals surface area contributed by atoms with Gasteiger partial charge in [-0.2, -0.15) is 0 Å². The third-order valence-electron chi connectivity index (χ3n) is 9.32. The maximum absolute atomic E-state index is 13.8. The SMILES string of the molecule is COc1cc2nccc(OC3CCC(CC(=O)c4cn(CC5CCOCC5)cc(-c5ccc(C)cc5)c4=O)CC3)c2cc1OC. The number of methoxy groups -OCH3 is 2. The van der Waals surface area contributed by atoms with Gasteiger partial charge in [-0.05, 0) is 75.0 Å². The first-order valence-corrected chi connectivity index (χ1v) is 16.0. The first-order valence-electron chi connectivity index (χ1n) is 16.0. The van der Waals surface area contributed by atoms with E-state index in [0.29, 0.717) is 35.0 Å². The Kier molecular flexibility index (Phi) is 9.50. The number of carbonyl (C=O) groups excluding carboxylic acids is 1. The number of aryl methyl sites for hydroxylation is 1. The van der Waals surface area contributed by atoms with Crippen LogP contribution in [-0.2, 0) is 11.3 Å². The summed E-state index contributed by atoms with van der Waals surface area (Å²) in [7, 11) is 3.22. The summed E-state index contributed by atoms with van der Waals surface area (Å²) in [5.74, 6) is 2.62. The van der Waals surface area contributed by atoms with Crippen molar-refractivity contribution in [2.24, 2.45) is 11.8 Å². The van der Waals surface area contributed by atoms with Crippen LogP contribution in [0, 0.1) is 18.8 Å². The van der Waals surface area contributed by atoms with Gasteiger partial charge < -0.3 is 23.5 Å². The Hall–Kier alpha value is -4.17. The van der Waals surface area contributed by atoms with Gasteiger partial charge in [0.1, 0.15) is 5.75 Å². The van der Waals surface area contributed by atoms with Gasteiger partial charge in [0.25, 0.3) is 0 Å². The monoisotopic (exact) mass is 610 g/mol. The minimum Gasteiger partial charge on any atom is -0.493 e. The normalized spacial score (nSPS) is 18.9. The van der Waals surface area contributed by atoms with Crippen LogP contribution in [-0.4, -0.2) is 48.9 Å². The summed E-state index contributed by atoms with van der Waals surface area (Å²) in [6.07, 6.45) is 11.2. The molecule has 0 atom stereocenters. The fourth-order valence-corrected chi connectivity index (χ4v) is 6.66. The van der Waals surface area contributed by atoms with Gasteiger partial charge in [-0.3, -0.25) is 14.6 Å². The summed E-state index contributed by atoms with van der Waals surface area (Å²) < 4.78 is 25.0. The molecule has 0 radical (unpaired) electrons. The number of benzene rings is 2. The number of rotatable bonds is 10. The molecule has 6 rings (SSSR count). The molecule has 2 aromatic carbocycles. The second-order valence-electron chi connectivity index (χ2n) is 12.5. The Morgan fingerprint density at radius 2 is 1.60 bits per heavy atom. The van der Waals surface area contributed by atoms with Crippen LogP contribution in [0.1, 0.15) is 60.9 Å². The molecule has 1 saturated carbocycles. The molecule has 0 bridgehead atoms. The Balaban J connectivity index is 1.15. The average Bonchev–Trinajstić information content (AvgIpc) is 3.06. The van der Waals surface area contributed by atoms with E-state index in [9.17, 15) is 9.59 Å². The van der Waals surface area contributed by atoms with Gasteiger partial charge in [0, 0.05) is 61.8 Å². The number of carbonyl (C=O) groups is 1. The standard InChI is InChI=1S/C37H42N2O6/c1-24-4-8-27(9-5-24)30-22-39(21-26-13-16-44-17-14-26)23-31(37(30)41)33(40)18-25-6-10-28(11-7-25)45-34-12-15-38-32-20-36(43-3)35(42-2)19-29(32)34/h4-5,8-9,12,15,19-20,22-23,25-26,28H,6-7,10-11,13-14,16-18,21H2,1-3H3. The molecular formula is C37H42N2O6. The molecule has 8 nitrogen and oxygen atoms in total. The molecule has 0 N–H and O–H groups in total. The molecule has 0 spiro atoms. The second-order valence-corrected chi connectivity index (χ2v) is 12.5. The van der Waals surface area contributed by atoms with E-state index in [1.165, 1.54) is 0 Å². The molecule has 0 unspecified atom stereocenters. The van der Waals surface area contributed by atoms with Crippen LogP contribution < -0.4 is 19.6 Å². The summed E-state index contributed by atoms with van der Waals surface area (Å²) in [6, 6.07) is 13.6. The number of pyridine rings is 2. The van der Waals surface area contributed by atoms with Crippen molar-refractivity contribution in [2.45, 2.75) is 64.5 Å². The van der Waals surface area contributed by atoms with Gasteiger partial charge in [-0.15, -0.1) is 0 Å². The van der Waals surface area contributed by atoms with Crippen molar-refractivity contribution < 1.29 is 23.7 Å². The minimum atomic E-state index is -0.180. The van der Waals surface area contributed by atoms with Crippen LogP contribution >= 0.6 is 0 Å². The summed E-state index contributed by atoms with van der Waals surface area (Å²) >= 11 is 0. The first-order chi connectivity index (χ1) is 21.9. The van der Waals surface area contributed by atoms with Crippen LogP contribution in [0.4, 0.5) is 0 Å². The van der Waals surface area contributed by atoms with Gasteiger partial charge in [0.15, 0.2) is 22.7 Å². The quantitative estimate of drug-likeness (QED) is 0.178. The van der Waals surface area contributed by atoms with Crippen LogP contribution in [0.25, 0.3) is 22.0 Å². The van der Waals surface area contributed by atoms with E-state index < -0.39 is 0 Å². The predicted molar refractivity (Wildman–Crippen MR) is 175 cm³/mol. The molecule has 1 aliphatic heterocycles. The largest absolute Gasteiger partial charge is 0.493 e. The number of Topliss-reactive ketones (excluding diaryl/α,β-unsaturated/α-hetero) is 1. The van der Waals surface area contributed by atoms with E-state index in [4.69, 9.17) is 18.9 Å². The van der Waals surface area contributed by atoms with E-state index in [1.807, 2.05) is 55.6 Å². The fraction of sp³-hybridized carbons (Fsp3) is 0.432. The summed E-state index contributed by atoms with van der Waals surface area (Å²) in [4.78, 5) is 32.0. The van der Waals surface area contributed by atoms with Crippen molar-refractivity contribution in [3.63, 3.8) is 0 Å². The number of ketones is 1. The zero-order chi connectivity index (χ0) is 31.3. The van der Waals surface area contributed by atoms with E-state index in [1.54, 1.807) is 26.6 Å². The number of fused-ring (bicyclic) bond motifs is 1. The highest BCUT2D eigenvalue weighted by Crippen LogP contribution is 2.37. The second kappa shape index (κ2) is 13.9. The van der Waals surface area contributed by atoms with Gasteiger partial charge >= 0.3 is 0 Å². The molecule has 2 aromatic heterocycles. The highest BCUT2D eigenvalue weighted by molar-refractivity contribution is 5.97. The molecular weight excluding hydrogens is 568 g/mol. The smallest absolute Gasteiger partial charge is 0.200 e. The number of aromatic nitrogens is 2. The number of nitrogens with zero attached hydrogens (tertiary/aromatic N) is 2. The first kappa shape index (κ1) is 30.8. The Morgan fingerprint density at radius 3 is 2.31 bits per heavy atom. The number of hydrogen-bond acceptors (Lipinski definition) is 7. The van der Waals surface area contributed by atoms with Gasteiger partial charge in [0.05, 0.1) is 31.4 Å². The minimum absolute atomic E-state index is 0.0385. The molecule has 45 heavy (non-hydrogen) atoms. The molecule has 1 aliphatic carbocycles. The van der Waals surface area contributed by atoms with Crippen LogP contribution in [0.2, 0.25) is 0 Å². The molecule has 1 saturated heterocycles. The molecule has 236 valence electrons.